The molecule has 6 nitrogen and oxygen atoms in total. The zero-order chi connectivity index (χ0) is 25.0. The summed E-state index contributed by atoms with van der Waals surface area (Å²) >= 11 is 2.77. The van der Waals surface area contributed by atoms with Crippen LogP contribution in [0.4, 0.5) is 10.7 Å². The van der Waals surface area contributed by atoms with E-state index in [9.17, 15) is 9.59 Å². The van der Waals surface area contributed by atoms with Crippen LogP contribution in [0.25, 0.3) is 10.2 Å². The smallest absolute Gasteiger partial charge is 0.268 e. The van der Waals surface area contributed by atoms with Gasteiger partial charge in [-0.05, 0) is 73.1 Å². The highest BCUT2D eigenvalue weighted by Gasteiger charge is 2.29. The van der Waals surface area contributed by atoms with E-state index in [4.69, 9.17) is 16.5 Å². The van der Waals surface area contributed by atoms with Crippen molar-refractivity contribution in [3.63, 3.8) is 0 Å². The average Bonchev–Trinajstić information content (AvgIpc) is 3.39. The third-order valence-electron chi connectivity index (χ3n) is 7.55. The van der Waals surface area contributed by atoms with Crippen LogP contribution in [0.1, 0.15) is 73.0 Å². The van der Waals surface area contributed by atoms with E-state index in [0.29, 0.717) is 33.0 Å². The molecule has 4 aromatic rings. The Kier molecular flexibility index (Phi) is 5.80. The van der Waals surface area contributed by atoms with Crippen LogP contribution in [0.15, 0.2) is 36.4 Å². The third kappa shape index (κ3) is 3.98. The second-order valence-corrected chi connectivity index (χ2v) is 12.1. The first-order valence-electron chi connectivity index (χ1n) is 12.4. The van der Waals surface area contributed by atoms with Gasteiger partial charge in [0.15, 0.2) is 0 Å². The molecule has 184 valence electrons. The Bertz CT molecular complexity index is 1510. The van der Waals surface area contributed by atoms with Crippen molar-refractivity contribution in [2.24, 2.45) is 11.7 Å². The maximum atomic E-state index is 13.4. The number of nitrogen functional groups attached to an aromatic ring is 1. The van der Waals surface area contributed by atoms with E-state index in [-0.39, 0.29) is 5.91 Å². The fourth-order valence-electron chi connectivity index (χ4n) is 5.63. The van der Waals surface area contributed by atoms with Crippen molar-refractivity contribution in [3.8, 4) is 0 Å². The molecule has 2 amide bonds. The Balaban J connectivity index is 1.31. The van der Waals surface area contributed by atoms with Gasteiger partial charge in [0, 0.05) is 16.0 Å². The molecule has 0 saturated carbocycles. The number of hydrogen-bond acceptors (Lipinski definition) is 6. The third-order valence-corrected chi connectivity index (χ3v) is 9.83. The first kappa shape index (κ1) is 23.2. The summed E-state index contributed by atoms with van der Waals surface area (Å²) in [6.45, 7) is 2.21. The fraction of sp³-hybridized carbons (Fsp3) is 0.321. The molecule has 36 heavy (non-hydrogen) atoms. The Labute approximate surface area is 217 Å². The Morgan fingerprint density at radius 2 is 1.89 bits per heavy atom. The second kappa shape index (κ2) is 9.01. The molecule has 8 heteroatoms. The van der Waals surface area contributed by atoms with Crippen molar-refractivity contribution in [2.45, 2.75) is 51.4 Å². The molecule has 3 heterocycles. The zero-order valence-electron chi connectivity index (χ0n) is 20.1. The lowest BCUT2D eigenvalue weighted by Gasteiger charge is -2.24. The van der Waals surface area contributed by atoms with Crippen molar-refractivity contribution in [3.05, 3.63) is 74.1 Å². The van der Waals surface area contributed by atoms with E-state index in [1.807, 2.05) is 6.07 Å². The molecule has 6 rings (SSSR count). The van der Waals surface area contributed by atoms with Gasteiger partial charge in [0.2, 0.25) is 0 Å². The molecular formula is C28H28N4O2S2. The highest BCUT2D eigenvalue weighted by Crippen LogP contribution is 2.41. The average molecular weight is 517 g/mol. The summed E-state index contributed by atoms with van der Waals surface area (Å²) < 4.78 is 0. The van der Waals surface area contributed by atoms with Gasteiger partial charge in [-0.2, -0.15) is 0 Å². The van der Waals surface area contributed by atoms with Crippen LogP contribution in [-0.4, -0.2) is 16.8 Å². The number of nitrogens with two attached hydrogens (primary N) is 2. The fourth-order valence-corrected chi connectivity index (χ4v) is 8.03. The number of aromatic nitrogens is 1. The van der Waals surface area contributed by atoms with Crippen LogP contribution in [0.2, 0.25) is 0 Å². The number of nitrogens with zero attached hydrogens (tertiary/aromatic N) is 1. The molecule has 0 saturated heterocycles. The molecule has 5 N–H and O–H groups in total. The van der Waals surface area contributed by atoms with Crippen LogP contribution in [0.3, 0.4) is 0 Å². The number of anilines is 2. The quantitative estimate of drug-likeness (QED) is 0.324. The summed E-state index contributed by atoms with van der Waals surface area (Å²) in [5, 5.41) is 4.32. The van der Waals surface area contributed by atoms with Gasteiger partial charge in [-0.15, -0.1) is 22.7 Å². The minimum atomic E-state index is -0.496. The van der Waals surface area contributed by atoms with E-state index in [1.165, 1.54) is 33.8 Å². The lowest BCUT2D eigenvalue weighted by atomic mass is 9.82. The summed E-state index contributed by atoms with van der Waals surface area (Å²) in [7, 11) is 0. The number of nitrogens with one attached hydrogen (secondary N) is 1. The molecule has 2 unspecified atom stereocenters. The highest BCUT2D eigenvalue weighted by atomic mass is 32.1. The van der Waals surface area contributed by atoms with E-state index in [0.717, 1.165) is 64.9 Å². The standard InChI is InChI=1S/C28H28N4O2S2/c1-14-7-9-18-21(11-14)35-28(22(18)25(30)33)32-26(34)24-23(29)19-13-17-12-16(15-5-3-2-4-6-15)8-10-20(17)31-27(19)36-24/h2-6,13-14,16H,7-12,29H2,1H3,(H2,30,33)(H,32,34). The number of aryl methyl sites for hydroxylation is 1. The molecule has 3 aromatic heterocycles. The highest BCUT2D eigenvalue weighted by molar-refractivity contribution is 7.21. The topological polar surface area (TPSA) is 111 Å². The molecule has 0 aliphatic heterocycles. The van der Waals surface area contributed by atoms with E-state index in [2.05, 4.69) is 42.6 Å². The summed E-state index contributed by atoms with van der Waals surface area (Å²) in [5.41, 5.74) is 17.8. The molecule has 1 aromatic carbocycles. The normalized spacial score (nSPS) is 19.0. The monoisotopic (exact) mass is 516 g/mol. The lowest BCUT2D eigenvalue weighted by Crippen LogP contribution is -2.19. The molecule has 2 aliphatic rings. The van der Waals surface area contributed by atoms with Gasteiger partial charge < -0.3 is 16.8 Å². The molecular weight excluding hydrogens is 488 g/mol. The van der Waals surface area contributed by atoms with Crippen molar-refractivity contribution >= 4 is 55.4 Å². The first-order chi connectivity index (χ1) is 17.4. The lowest BCUT2D eigenvalue weighted by molar-refractivity contribution is 0.1000. The molecule has 2 aliphatic carbocycles. The molecule has 0 bridgehead atoms. The Hall–Kier alpha value is -3.23. The van der Waals surface area contributed by atoms with Gasteiger partial charge in [0.25, 0.3) is 11.8 Å². The van der Waals surface area contributed by atoms with Crippen LogP contribution < -0.4 is 16.8 Å². The van der Waals surface area contributed by atoms with Crippen LogP contribution in [0, 0.1) is 5.92 Å². The Morgan fingerprint density at radius 3 is 2.67 bits per heavy atom. The minimum Gasteiger partial charge on any atom is -0.397 e. The van der Waals surface area contributed by atoms with Gasteiger partial charge >= 0.3 is 0 Å². The largest absolute Gasteiger partial charge is 0.397 e. The van der Waals surface area contributed by atoms with E-state index in [1.54, 1.807) is 0 Å². The van der Waals surface area contributed by atoms with Gasteiger partial charge in [0.05, 0.1) is 11.3 Å². The van der Waals surface area contributed by atoms with Gasteiger partial charge in [-0.3, -0.25) is 9.59 Å². The summed E-state index contributed by atoms with van der Waals surface area (Å²) in [4.78, 5) is 32.9. The van der Waals surface area contributed by atoms with E-state index < -0.39 is 5.91 Å². The van der Waals surface area contributed by atoms with Gasteiger partial charge in [0.1, 0.15) is 14.7 Å². The number of hydrogen-bond donors (Lipinski definition) is 3. The maximum Gasteiger partial charge on any atom is 0.268 e. The Morgan fingerprint density at radius 1 is 1.08 bits per heavy atom. The molecule has 2 atom stereocenters. The summed E-state index contributed by atoms with van der Waals surface area (Å²) in [6.07, 6.45) is 5.61. The van der Waals surface area contributed by atoms with Crippen molar-refractivity contribution in [2.75, 3.05) is 11.1 Å². The zero-order valence-corrected chi connectivity index (χ0v) is 21.7. The number of pyridine rings is 1. The molecule has 0 radical (unpaired) electrons. The predicted molar refractivity (Wildman–Crippen MR) is 147 cm³/mol. The first-order valence-corrected chi connectivity index (χ1v) is 14.0. The van der Waals surface area contributed by atoms with Gasteiger partial charge in [-0.1, -0.05) is 37.3 Å². The molecule has 0 fully saturated rings. The number of benzene rings is 1. The number of rotatable bonds is 4. The minimum absolute atomic E-state index is 0.315. The molecule has 0 spiro atoms. The second-order valence-electron chi connectivity index (χ2n) is 10.0. The van der Waals surface area contributed by atoms with Gasteiger partial charge in [-0.25, -0.2) is 4.98 Å². The van der Waals surface area contributed by atoms with Crippen LogP contribution in [0.5, 0.6) is 0 Å². The number of fused-ring (bicyclic) bond motifs is 3. The predicted octanol–water partition coefficient (Wildman–Crippen LogP) is 5.69. The number of thiophene rings is 2. The van der Waals surface area contributed by atoms with Crippen molar-refractivity contribution in [1.29, 1.82) is 0 Å². The summed E-state index contributed by atoms with van der Waals surface area (Å²) in [5.74, 6) is 0.200. The number of amides is 2. The number of carbonyl (C=O) groups is 2. The van der Waals surface area contributed by atoms with Crippen molar-refractivity contribution in [1.82, 2.24) is 4.98 Å². The van der Waals surface area contributed by atoms with Crippen LogP contribution >= 0.6 is 22.7 Å². The number of primary amides is 1. The number of carbonyl (C=O) groups excluding carboxylic acids is 2. The van der Waals surface area contributed by atoms with Crippen molar-refractivity contribution < 1.29 is 9.59 Å². The van der Waals surface area contributed by atoms with Crippen LogP contribution in [-0.2, 0) is 25.7 Å². The maximum absolute atomic E-state index is 13.4. The van der Waals surface area contributed by atoms with E-state index >= 15 is 0 Å². The summed E-state index contributed by atoms with van der Waals surface area (Å²) in [6, 6.07) is 12.7. The SMILES string of the molecule is CC1CCc2c(sc(NC(=O)c3sc4nc5c(cc4c3N)CC(c3ccccc3)CC5)c2C(N)=O)C1.